The Labute approximate surface area is 98.1 Å². The Balaban J connectivity index is 2.12. The van der Waals surface area contributed by atoms with Gasteiger partial charge < -0.3 is 14.2 Å². The molecule has 7 heteroatoms. The zero-order chi connectivity index (χ0) is 12.4. The van der Waals surface area contributed by atoms with E-state index < -0.39 is 5.91 Å². The van der Waals surface area contributed by atoms with Crippen molar-refractivity contribution >= 4 is 11.9 Å². The van der Waals surface area contributed by atoms with Gasteiger partial charge in [0.1, 0.15) is 5.76 Å². The SMILES string of the molecule is CN1CCN(Cc2occc2C(=O)NN)C1=O. The van der Waals surface area contributed by atoms with E-state index in [0.29, 0.717) is 24.4 Å². The number of nitrogens with one attached hydrogen (secondary N) is 1. The molecule has 1 aromatic heterocycles. The van der Waals surface area contributed by atoms with Gasteiger partial charge in [-0.3, -0.25) is 10.2 Å². The molecule has 92 valence electrons. The third-order valence-electron chi connectivity index (χ3n) is 2.76. The van der Waals surface area contributed by atoms with Crippen LogP contribution in [-0.4, -0.2) is 41.9 Å². The summed E-state index contributed by atoms with van der Waals surface area (Å²) in [5.74, 6) is 5.08. The molecule has 17 heavy (non-hydrogen) atoms. The molecule has 0 unspecified atom stereocenters. The molecule has 3 amide bonds. The van der Waals surface area contributed by atoms with Crippen molar-refractivity contribution in [2.24, 2.45) is 5.84 Å². The molecule has 0 bridgehead atoms. The summed E-state index contributed by atoms with van der Waals surface area (Å²) in [6.07, 6.45) is 1.41. The van der Waals surface area contributed by atoms with E-state index in [9.17, 15) is 9.59 Å². The fourth-order valence-corrected chi connectivity index (χ4v) is 1.77. The molecule has 3 N–H and O–H groups in total. The normalized spacial score (nSPS) is 15.5. The minimum absolute atomic E-state index is 0.0690. The van der Waals surface area contributed by atoms with Gasteiger partial charge in [-0.2, -0.15) is 0 Å². The van der Waals surface area contributed by atoms with Gasteiger partial charge in [-0.1, -0.05) is 0 Å². The number of nitrogens with zero attached hydrogens (tertiary/aromatic N) is 2. The van der Waals surface area contributed by atoms with Gasteiger partial charge in [-0.25, -0.2) is 10.6 Å². The number of nitrogens with two attached hydrogens (primary N) is 1. The lowest BCUT2D eigenvalue weighted by Crippen LogP contribution is -2.32. The highest BCUT2D eigenvalue weighted by Gasteiger charge is 2.27. The molecule has 1 aliphatic rings. The molecule has 1 fully saturated rings. The van der Waals surface area contributed by atoms with Crippen LogP contribution in [0.1, 0.15) is 16.1 Å². The Bertz CT molecular complexity index is 443. The number of carbonyl (C=O) groups is 2. The minimum atomic E-state index is -0.422. The van der Waals surface area contributed by atoms with Gasteiger partial charge in [0, 0.05) is 20.1 Å². The minimum Gasteiger partial charge on any atom is -0.467 e. The molecule has 0 radical (unpaired) electrons. The number of furan rings is 1. The molecule has 0 aliphatic carbocycles. The summed E-state index contributed by atoms with van der Waals surface area (Å²) in [4.78, 5) is 26.3. The van der Waals surface area contributed by atoms with E-state index in [1.54, 1.807) is 16.8 Å². The molecule has 0 spiro atoms. The first kappa shape index (κ1) is 11.5. The highest BCUT2D eigenvalue weighted by molar-refractivity contribution is 5.94. The number of carbonyl (C=O) groups excluding carboxylic acids is 2. The summed E-state index contributed by atoms with van der Waals surface area (Å²) in [7, 11) is 1.73. The van der Waals surface area contributed by atoms with Crippen LogP contribution in [0.5, 0.6) is 0 Å². The molecule has 1 aliphatic heterocycles. The number of hydrazine groups is 1. The van der Waals surface area contributed by atoms with Crippen molar-refractivity contribution < 1.29 is 14.0 Å². The van der Waals surface area contributed by atoms with E-state index in [0.717, 1.165) is 0 Å². The summed E-state index contributed by atoms with van der Waals surface area (Å²) < 4.78 is 5.20. The van der Waals surface area contributed by atoms with Crippen molar-refractivity contribution in [2.45, 2.75) is 6.54 Å². The Morgan fingerprint density at radius 3 is 2.94 bits per heavy atom. The number of nitrogen functional groups attached to an aromatic ring is 1. The molecule has 1 aromatic rings. The third-order valence-corrected chi connectivity index (χ3v) is 2.76. The molecule has 1 saturated heterocycles. The Kier molecular flexibility index (Phi) is 3.01. The van der Waals surface area contributed by atoms with E-state index in [4.69, 9.17) is 10.3 Å². The standard InChI is InChI=1S/C10H14N4O3/c1-13-3-4-14(10(13)16)6-8-7(2-5-17-8)9(15)12-11/h2,5H,3-4,6,11H2,1H3,(H,12,15). The average Bonchev–Trinajstić information content (AvgIpc) is 2.90. The second-order valence-electron chi connectivity index (χ2n) is 3.86. The predicted octanol–water partition coefficient (Wildman–Crippen LogP) is -0.249. The molecule has 0 saturated carbocycles. The van der Waals surface area contributed by atoms with Crippen LogP contribution in [0.25, 0.3) is 0 Å². The van der Waals surface area contributed by atoms with Crippen LogP contribution >= 0.6 is 0 Å². The average molecular weight is 238 g/mol. The summed E-state index contributed by atoms with van der Waals surface area (Å²) in [5.41, 5.74) is 2.40. The van der Waals surface area contributed by atoms with E-state index in [1.165, 1.54) is 12.3 Å². The van der Waals surface area contributed by atoms with Crippen molar-refractivity contribution in [3.8, 4) is 0 Å². The van der Waals surface area contributed by atoms with Gasteiger partial charge in [-0.05, 0) is 6.07 Å². The summed E-state index contributed by atoms with van der Waals surface area (Å²) in [6, 6.07) is 1.46. The fourth-order valence-electron chi connectivity index (χ4n) is 1.77. The number of hydrogen-bond donors (Lipinski definition) is 2. The van der Waals surface area contributed by atoms with Gasteiger partial charge in [0.25, 0.3) is 5.91 Å². The second kappa shape index (κ2) is 4.46. The molecule has 0 aromatic carbocycles. The fraction of sp³-hybridized carbons (Fsp3) is 0.400. The second-order valence-corrected chi connectivity index (χ2v) is 3.86. The lowest BCUT2D eigenvalue weighted by Gasteiger charge is -2.14. The van der Waals surface area contributed by atoms with Gasteiger partial charge >= 0.3 is 6.03 Å². The number of rotatable bonds is 3. The van der Waals surface area contributed by atoms with Crippen molar-refractivity contribution in [3.05, 3.63) is 23.7 Å². The Morgan fingerprint density at radius 2 is 2.35 bits per heavy atom. The van der Waals surface area contributed by atoms with E-state index in [1.807, 2.05) is 5.43 Å². The van der Waals surface area contributed by atoms with Crippen molar-refractivity contribution in [1.29, 1.82) is 0 Å². The molecular formula is C10H14N4O3. The zero-order valence-electron chi connectivity index (χ0n) is 9.47. The predicted molar refractivity (Wildman–Crippen MR) is 58.8 cm³/mol. The summed E-state index contributed by atoms with van der Waals surface area (Å²) in [6.45, 7) is 1.58. The quantitative estimate of drug-likeness (QED) is 0.431. The maximum atomic E-state index is 11.7. The first-order valence-electron chi connectivity index (χ1n) is 5.21. The topological polar surface area (TPSA) is 91.8 Å². The molecular weight excluding hydrogens is 224 g/mol. The Morgan fingerprint density at radius 1 is 1.59 bits per heavy atom. The lowest BCUT2D eigenvalue weighted by atomic mass is 10.2. The first-order chi connectivity index (χ1) is 8.13. The largest absolute Gasteiger partial charge is 0.467 e. The third kappa shape index (κ3) is 2.09. The van der Waals surface area contributed by atoms with Crippen LogP contribution in [0.3, 0.4) is 0 Å². The maximum Gasteiger partial charge on any atom is 0.320 e. The van der Waals surface area contributed by atoms with E-state index in [2.05, 4.69) is 0 Å². The Hall–Kier alpha value is -2.02. The van der Waals surface area contributed by atoms with E-state index in [-0.39, 0.29) is 12.6 Å². The van der Waals surface area contributed by atoms with Gasteiger partial charge in [0.05, 0.1) is 18.4 Å². The number of urea groups is 1. The molecule has 2 rings (SSSR count). The van der Waals surface area contributed by atoms with Crippen molar-refractivity contribution in [3.63, 3.8) is 0 Å². The van der Waals surface area contributed by atoms with Gasteiger partial charge in [0.2, 0.25) is 0 Å². The van der Waals surface area contributed by atoms with Crippen LogP contribution in [0.15, 0.2) is 16.7 Å². The summed E-state index contributed by atoms with van der Waals surface area (Å²) >= 11 is 0. The first-order valence-corrected chi connectivity index (χ1v) is 5.21. The van der Waals surface area contributed by atoms with Crippen LogP contribution < -0.4 is 11.3 Å². The van der Waals surface area contributed by atoms with Crippen molar-refractivity contribution in [1.82, 2.24) is 15.2 Å². The molecule has 2 heterocycles. The number of amides is 3. The highest BCUT2D eigenvalue weighted by atomic mass is 16.3. The number of hydrogen-bond acceptors (Lipinski definition) is 4. The number of likely N-dealkylation sites (N-methyl/N-ethyl adjacent to an activating group) is 1. The van der Waals surface area contributed by atoms with Crippen LogP contribution in [-0.2, 0) is 6.54 Å². The zero-order valence-corrected chi connectivity index (χ0v) is 9.47. The molecule has 7 nitrogen and oxygen atoms in total. The van der Waals surface area contributed by atoms with Crippen LogP contribution in [0.2, 0.25) is 0 Å². The van der Waals surface area contributed by atoms with Gasteiger partial charge in [0.15, 0.2) is 0 Å². The monoisotopic (exact) mass is 238 g/mol. The smallest absolute Gasteiger partial charge is 0.320 e. The van der Waals surface area contributed by atoms with E-state index >= 15 is 0 Å². The molecule has 0 atom stereocenters. The maximum absolute atomic E-state index is 11.7. The van der Waals surface area contributed by atoms with Crippen LogP contribution in [0.4, 0.5) is 4.79 Å². The lowest BCUT2D eigenvalue weighted by molar-refractivity contribution is 0.0950. The summed E-state index contributed by atoms with van der Waals surface area (Å²) in [5, 5.41) is 0. The highest BCUT2D eigenvalue weighted by Crippen LogP contribution is 2.16. The van der Waals surface area contributed by atoms with Crippen molar-refractivity contribution in [2.75, 3.05) is 20.1 Å². The van der Waals surface area contributed by atoms with Crippen LogP contribution in [0, 0.1) is 0 Å². The van der Waals surface area contributed by atoms with Gasteiger partial charge in [-0.15, -0.1) is 0 Å².